The van der Waals surface area contributed by atoms with E-state index in [1.165, 1.54) is 6.07 Å². The van der Waals surface area contributed by atoms with Gasteiger partial charge in [-0.1, -0.05) is 42.5 Å². The summed E-state index contributed by atoms with van der Waals surface area (Å²) in [5.41, 5.74) is 1.60. The largest absolute Gasteiger partial charge is 0.388 e. The van der Waals surface area contributed by atoms with E-state index in [1.807, 2.05) is 30.3 Å². The van der Waals surface area contributed by atoms with Crippen molar-refractivity contribution in [3.8, 4) is 0 Å². The highest BCUT2D eigenvalue weighted by molar-refractivity contribution is 9.10. The quantitative estimate of drug-likeness (QED) is 0.911. The van der Waals surface area contributed by atoms with E-state index in [9.17, 15) is 9.50 Å². The Hall–Kier alpha value is -1.19. The standard InChI is InChI=1S/C14H12BrFO/c15-14-11(7-4-8-12(14)16)13(17)9-10-5-2-1-3-6-10/h1-8,13,17H,9H2. The summed E-state index contributed by atoms with van der Waals surface area (Å²) < 4.78 is 13.7. The lowest BCUT2D eigenvalue weighted by Gasteiger charge is -2.13. The van der Waals surface area contributed by atoms with Crippen molar-refractivity contribution in [2.45, 2.75) is 12.5 Å². The Bertz CT molecular complexity index is 499. The molecule has 0 radical (unpaired) electrons. The van der Waals surface area contributed by atoms with Gasteiger partial charge in [-0.2, -0.15) is 0 Å². The Kier molecular flexibility index (Phi) is 3.92. The molecular formula is C14H12BrFO. The zero-order valence-corrected chi connectivity index (χ0v) is 10.7. The average molecular weight is 295 g/mol. The highest BCUT2D eigenvalue weighted by atomic mass is 79.9. The van der Waals surface area contributed by atoms with Crippen LogP contribution < -0.4 is 0 Å². The topological polar surface area (TPSA) is 20.2 Å². The zero-order valence-electron chi connectivity index (χ0n) is 9.11. The van der Waals surface area contributed by atoms with Gasteiger partial charge < -0.3 is 5.11 Å². The van der Waals surface area contributed by atoms with Crippen LogP contribution in [0.1, 0.15) is 17.2 Å². The normalized spacial score (nSPS) is 12.4. The fourth-order valence-corrected chi connectivity index (χ4v) is 2.25. The lowest BCUT2D eigenvalue weighted by Crippen LogP contribution is -2.03. The van der Waals surface area contributed by atoms with Crippen LogP contribution in [0, 0.1) is 5.82 Å². The molecule has 3 heteroatoms. The first-order valence-corrected chi connectivity index (χ1v) is 6.13. The second-order valence-corrected chi connectivity index (χ2v) is 4.64. The molecule has 0 aliphatic heterocycles. The van der Waals surface area contributed by atoms with Crippen molar-refractivity contribution < 1.29 is 9.50 Å². The number of halogens is 2. The van der Waals surface area contributed by atoms with E-state index < -0.39 is 6.10 Å². The second-order valence-electron chi connectivity index (χ2n) is 3.85. The molecule has 0 aliphatic carbocycles. The van der Waals surface area contributed by atoms with Gasteiger partial charge >= 0.3 is 0 Å². The van der Waals surface area contributed by atoms with Crippen LogP contribution in [0.15, 0.2) is 53.0 Å². The van der Waals surface area contributed by atoms with Crippen LogP contribution >= 0.6 is 15.9 Å². The third-order valence-electron chi connectivity index (χ3n) is 2.61. The minimum Gasteiger partial charge on any atom is -0.388 e. The SMILES string of the molecule is OC(Cc1ccccc1)c1cccc(F)c1Br. The van der Waals surface area contributed by atoms with Gasteiger partial charge in [-0.25, -0.2) is 4.39 Å². The van der Waals surface area contributed by atoms with E-state index in [-0.39, 0.29) is 5.82 Å². The molecule has 0 aliphatic rings. The molecule has 0 bridgehead atoms. The van der Waals surface area contributed by atoms with Crippen molar-refractivity contribution in [1.29, 1.82) is 0 Å². The van der Waals surface area contributed by atoms with E-state index in [0.29, 0.717) is 16.5 Å². The monoisotopic (exact) mass is 294 g/mol. The van der Waals surface area contributed by atoms with E-state index in [4.69, 9.17) is 0 Å². The van der Waals surface area contributed by atoms with Gasteiger partial charge in [0.2, 0.25) is 0 Å². The van der Waals surface area contributed by atoms with Crippen LogP contribution in [0.2, 0.25) is 0 Å². The third-order valence-corrected chi connectivity index (χ3v) is 3.45. The van der Waals surface area contributed by atoms with Crippen LogP contribution in [0.25, 0.3) is 0 Å². The van der Waals surface area contributed by atoms with Gasteiger partial charge in [0.1, 0.15) is 5.82 Å². The number of hydrogen-bond acceptors (Lipinski definition) is 1. The van der Waals surface area contributed by atoms with E-state index in [0.717, 1.165) is 5.56 Å². The van der Waals surface area contributed by atoms with E-state index >= 15 is 0 Å². The van der Waals surface area contributed by atoms with Crippen LogP contribution in [-0.4, -0.2) is 5.11 Å². The number of hydrogen-bond donors (Lipinski definition) is 1. The molecule has 1 atom stereocenters. The molecule has 17 heavy (non-hydrogen) atoms. The molecule has 0 aromatic heterocycles. The van der Waals surface area contributed by atoms with Crippen LogP contribution in [0.3, 0.4) is 0 Å². The van der Waals surface area contributed by atoms with Crippen molar-refractivity contribution in [3.63, 3.8) is 0 Å². The highest BCUT2D eigenvalue weighted by Gasteiger charge is 2.14. The first kappa shape index (κ1) is 12.3. The smallest absolute Gasteiger partial charge is 0.137 e. The molecule has 0 saturated carbocycles. The third kappa shape index (κ3) is 2.93. The van der Waals surface area contributed by atoms with Crippen LogP contribution in [0.4, 0.5) is 4.39 Å². The molecule has 2 aromatic carbocycles. The average Bonchev–Trinajstić information content (AvgIpc) is 2.34. The number of aliphatic hydroxyl groups is 1. The summed E-state index contributed by atoms with van der Waals surface area (Å²) in [6, 6.07) is 14.3. The summed E-state index contributed by atoms with van der Waals surface area (Å²) >= 11 is 3.16. The van der Waals surface area contributed by atoms with Crippen molar-refractivity contribution in [2.75, 3.05) is 0 Å². The lowest BCUT2D eigenvalue weighted by molar-refractivity contribution is 0.177. The van der Waals surface area contributed by atoms with E-state index in [2.05, 4.69) is 15.9 Å². The maximum Gasteiger partial charge on any atom is 0.137 e. The number of aliphatic hydroxyl groups excluding tert-OH is 1. The van der Waals surface area contributed by atoms with Crippen LogP contribution in [0.5, 0.6) is 0 Å². The first-order valence-electron chi connectivity index (χ1n) is 5.34. The predicted octanol–water partition coefficient (Wildman–Crippen LogP) is 3.86. The first-order chi connectivity index (χ1) is 8.18. The maximum atomic E-state index is 13.3. The summed E-state index contributed by atoms with van der Waals surface area (Å²) in [5.74, 6) is -0.352. The molecule has 0 saturated heterocycles. The van der Waals surface area contributed by atoms with Crippen molar-refractivity contribution >= 4 is 15.9 Å². The molecule has 2 aromatic rings. The highest BCUT2D eigenvalue weighted by Crippen LogP contribution is 2.28. The Morgan fingerprint density at radius 3 is 2.47 bits per heavy atom. The Labute approximate surface area is 108 Å². The predicted molar refractivity (Wildman–Crippen MR) is 69.2 cm³/mol. The van der Waals surface area contributed by atoms with Gasteiger partial charge in [-0.05, 0) is 33.1 Å². The molecule has 1 nitrogen and oxygen atoms in total. The summed E-state index contributed by atoms with van der Waals surface area (Å²) in [6.45, 7) is 0. The van der Waals surface area contributed by atoms with Crippen LogP contribution in [-0.2, 0) is 6.42 Å². The van der Waals surface area contributed by atoms with Crippen molar-refractivity contribution in [3.05, 3.63) is 69.9 Å². The maximum absolute atomic E-state index is 13.3. The van der Waals surface area contributed by atoms with Gasteiger partial charge in [0.15, 0.2) is 0 Å². The molecule has 0 spiro atoms. The Morgan fingerprint density at radius 2 is 1.76 bits per heavy atom. The molecule has 0 amide bonds. The van der Waals surface area contributed by atoms with Crippen molar-refractivity contribution in [2.24, 2.45) is 0 Å². The minimum atomic E-state index is -0.706. The summed E-state index contributed by atoms with van der Waals surface area (Å²) in [7, 11) is 0. The van der Waals surface area contributed by atoms with E-state index in [1.54, 1.807) is 12.1 Å². The van der Waals surface area contributed by atoms with Gasteiger partial charge in [0.25, 0.3) is 0 Å². The Balaban J connectivity index is 2.20. The van der Waals surface area contributed by atoms with Gasteiger partial charge in [-0.15, -0.1) is 0 Å². The molecular weight excluding hydrogens is 283 g/mol. The molecule has 0 fully saturated rings. The van der Waals surface area contributed by atoms with Crippen molar-refractivity contribution in [1.82, 2.24) is 0 Å². The molecule has 1 unspecified atom stereocenters. The molecule has 2 rings (SSSR count). The second kappa shape index (κ2) is 5.43. The molecule has 1 N–H and O–H groups in total. The Morgan fingerprint density at radius 1 is 1.06 bits per heavy atom. The number of rotatable bonds is 3. The minimum absolute atomic E-state index is 0.337. The molecule has 0 heterocycles. The van der Waals surface area contributed by atoms with Gasteiger partial charge in [0.05, 0.1) is 10.6 Å². The summed E-state index contributed by atoms with van der Waals surface area (Å²) in [5, 5.41) is 10.1. The fourth-order valence-electron chi connectivity index (χ4n) is 1.73. The molecule has 88 valence electrons. The van der Waals surface area contributed by atoms with Gasteiger partial charge in [-0.3, -0.25) is 0 Å². The lowest BCUT2D eigenvalue weighted by atomic mass is 10.0. The fraction of sp³-hybridized carbons (Fsp3) is 0.143. The van der Waals surface area contributed by atoms with Gasteiger partial charge in [0, 0.05) is 6.42 Å². The zero-order chi connectivity index (χ0) is 12.3. The summed E-state index contributed by atoms with van der Waals surface area (Å²) in [4.78, 5) is 0. The number of benzene rings is 2. The summed E-state index contributed by atoms with van der Waals surface area (Å²) in [6.07, 6.45) is -0.231.